The van der Waals surface area contributed by atoms with E-state index in [1.54, 1.807) is 48.5 Å². The van der Waals surface area contributed by atoms with Crippen LogP contribution in [0.1, 0.15) is 33.9 Å². The van der Waals surface area contributed by atoms with Gasteiger partial charge in [0, 0.05) is 42.4 Å². The van der Waals surface area contributed by atoms with Gasteiger partial charge in [0.25, 0.3) is 5.91 Å². The summed E-state index contributed by atoms with van der Waals surface area (Å²) in [6.45, 7) is 3.62. The number of fused-ring (bicyclic) bond motifs is 1. The predicted octanol–water partition coefficient (Wildman–Crippen LogP) is 2.80. The van der Waals surface area contributed by atoms with Crippen molar-refractivity contribution in [3.05, 3.63) is 82.4 Å². The van der Waals surface area contributed by atoms with Crippen LogP contribution in [-0.4, -0.2) is 78.5 Å². The molecule has 0 radical (unpaired) electrons. The molecule has 2 heterocycles. The molecule has 1 unspecified atom stereocenters. The molecular formula is C25H27ClN2O8S. The second-order valence-electron chi connectivity index (χ2n) is 8.33. The van der Waals surface area contributed by atoms with Gasteiger partial charge in [-0.2, -0.15) is 0 Å². The average Bonchev–Trinajstić information content (AvgIpc) is 2.86. The van der Waals surface area contributed by atoms with Crippen LogP contribution in [0.25, 0.3) is 0 Å². The Labute approximate surface area is 219 Å². The van der Waals surface area contributed by atoms with E-state index in [9.17, 15) is 22.8 Å². The third-order valence-corrected chi connectivity index (χ3v) is 7.76. The van der Waals surface area contributed by atoms with Gasteiger partial charge in [-0.05, 0) is 35.7 Å². The van der Waals surface area contributed by atoms with Crippen molar-refractivity contribution >= 4 is 39.5 Å². The van der Waals surface area contributed by atoms with Gasteiger partial charge in [0.1, 0.15) is 0 Å². The highest BCUT2D eigenvalue weighted by Gasteiger charge is 2.41. The van der Waals surface area contributed by atoms with E-state index < -0.39 is 33.9 Å². The molecule has 2 aliphatic rings. The number of carbonyl (C=O) groups is 3. The number of nitrogens with zero attached hydrogens (tertiary/aromatic N) is 2. The molecule has 0 saturated carbocycles. The first kappa shape index (κ1) is 28.3. The zero-order valence-electron chi connectivity index (χ0n) is 19.8. The number of carboxylic acid groups (broad SMARTS) is 2. The Balaban J connectivity index is 0.000000414. The lowest BCUT2D eigenvalue weighted by Gasteiger charge is -2.36. The van der Waals surface area contributed by atoms with Crippen molar-refractivity contribution in [1.82, 2.24) is 9.21 Å². The van der Waals surface area contributed by atoms with Gasteiger partial charge in [0.05, 0.1) is 25.0 Å². The van der Waals surface area contributed by atoms with Gasteiger partial charge in [0.2, 0.25) is 10.0 Å². The maximum Gasteiger partial charge on any atom is 0.328 e. The third-order valence-electron chi connectivity index (χ3n) is 5.81. The second kappa shape index (κ2) is 12.8. The van der Waals surface area contributed by atoms with Crippen molar-refractivity contribution in [1.29, 1.82) is 0 Å². The quantitative estimate of drug-likeness (QED) is 0.497. The molecule has 2 aliphatic heterocycles. The van der Waals surface area contributed by atoms with Crippen LogP contribution >= 0.6 is 11.6 Å². The maximum absolute atomic E-state index is 13.3. The van der Waals surface area contributed by atoms with Crippen molar-refractivity contribution in [2.45, 2.75) is 18.2 Å². The Kier molecular flexibility index (Phi) is 9.81. The number of hydrogen-bond donors (Lipinski definition) is 2. The van der Waals surface area contributed by atoms with Crippen molar-refractivity contribution in [3.8, 4) is 0 Å². The molecule has 1 atom stereocenters. The van der Waals surface area contributed by atoms with E-state index in [4.69, 9.17) is 26.6 Å². The molecule has 10 nitrogen and oxygen atoms in total. The molecule has 0 aliphatic carbocycles. The predicted molar refractivity (Wildman–Crippen MR) is 136 cm³/mol. The molecule has 37 heavy (non-hydrogen) atoms. The standard InChI is InChI=1S/C21H23ClN2O4S.C4H4O4/c22-18-7-5-16(6-8-18)20(9-10-23-11-13-28-14-12-23)24-21(25)19-4-2-1-3-17(19)15-29(24,26)27;5-3(6)1-2-4(7)8/h1-8,20H,9-15H2;1-2H,(H,5,6)(H,7,8)/b;2-1+. The fourth-order valence-corrected chi connectivity index (χ4v) is 5.95. The first-order chi connectivity index (χ1) is 17.6. The summed E-state index contributed by atoms with van der Waals surface area (Å²) in [4.78, 5) is 34.6. The lowest BCUT2D eigenvalue weighted by Crippen LogP contribution is -2.45. The van der Waals surface area contributed by atoms with Crippen molar-refractivity contribution in [2.75, 3.05) is 32.8 Å². The third kappa shape index (κ3) is 7.86. The average molecular weight is 551 g/mol. The minimum Gasteiger partial charge on any atom is -0.478 e. The zero-order chi connectivity index (χ0) is 27.0. The van der Waals surface area contributed by atoms with Gasteiger partial charge in [0.15, 0.2) is 0 Å². The van der Waals surface area contributed by atoms with Gasteiger partial charge in [-0.1, -0.05) is 41.9 Å². The molecule has 12 heteroatoms. The number of aliphatic carboxylic acids is 2. The first-order valence-corrected chi connectivity index (χ1v) is 13.4. The van der Waals surface area contributed by atoms with Crippen LogP contribution in [0.15, 0.2) is 60.7 Å². The number of morpholine rings is 1. The smallest absolute Gasteiger partial charge is 0.328 e. The largest absolute Gasteiger partial charge is 0.478 e. The van der Waals surface area contributed by atoms with Crippen LogP contribution in [-0.2, 0) is 30.1 Å². The van der Waals surface area contributed by atoms with Crippen LogP contribution in [0.5, 0.6) is 0 Å². The second-order valence-corrected chi connectivity index (χ2v) is 10.6. The molecule has 1 fully saturated rings. The summed E-state index contributed by atoms with van der Waals surface area (Å²) in [7, 11) is -3.79. The van der Waals surface area contributed by atoms with Crippen molar-refractivity contribution in [3.63, 3.8) is 0 Å². The fourth-order valence-electron chi connectivity index (χ4n) is 4.08. The Bertz CT molecular complexity index is 1240. The molecule has 2 N–H and O–H groups in total. The molecule has 198 valence electrons. The minimum absolute atomic E-state index is 0.170. The highest BCUT2D eigenvalue weighted by atomic mass is 35.5. The summed E-state index contributed by atoms with van der Waals surface area (Å²) < 4.78 is 32.7. The van der Waals surface area contributed by atoms with Gasteiger partial charge in [-0.15, -0.1) is 0 Å². The van der Waals surface area contributed by atoms with E-state index in [1.807, 2.05) is 0 Å². The number of ether oxygens (including phenoxy) is 1. The van der Waals surface area contributed by atoms with Crippen LogP contribution in [0, 0.1) is 0 Å². The number of amides is 1. The van der Waals surface area contributed by atoms with Crippen molar-refractivity contribution in [2.24, 2.45) is 0 Å². The molecule has 0 bridgehead atoms. The number of carboxylic acids is 2. The number of benzene rings is 2. The van der Waals surface area contributed by atoms with E-state index in [-0.39, 0.29) is 5.75 Å². The van der Waals surface area contributed by atoms with Crippen LogP contribution in [0.3, 0.4) is 0 Å². The molecule has 4 rings (SSSR count). The lowest BCUT2D eigenvalue weighted by atomic mass is 10.0. The van der Waals surface area contributed by atoms with E-state index in [2.05, 4.69) is 4.90 Å². The maximum atomic E-state index is 13.3. The Morgan fingerprint density at radius 1 is 1.00 bits per heavy atom. The fraction of sp³-hybridized carbons (Fsp3) is 0.320. The Morgan fingerprint density at radius 2 is 1.59 bits per heavy atom. The van der Waals surface area contributed by atoms with Gasteiger partial charge >= 0.3 is 11.9 Å². The molecule has 0 aromatic heterocycles. The van der Waals surface area contributed by atoms with E-state index in [1.165, 1.54) is 0 Å². The number of hydrogen-bond acceptors (Lipinski definition) is 7. The number of carbonyl (C=O) groups excluding carboxylic acids is 1. The molecule has 2 aromatic carbocycles. The summed E-state index contributed by atoms with van der Waals surface area (Å²) in [5, 5.41) is 16.2. The normalized spacial score (nSPS) is 18.0. The molecule has 0 spiro atoms. The van der Waals surface area contributed by atoms with E-state index in [0.29, 0.717) is 54.5 Å². The Morgan fingerprint density at radius 3 is 2.19 bits per heavy atom. The SMILES string of the molecule is O=C(O)/C=C/C(=O)O.O=C1c2ccccc2CS(=O)(=O)N1C(CCN1CCOCC1)c1ccc(Cl)cc1. The van der Waals surface area contributed by atoms with Crippen LogP contribution < -0.4 is 0 Å². The number of rotatable bonds is 7. The monoisotopic (exact) mass is 550 g/mol. The molecule has 2 aromatic rings. The van der Waals surface area contributed by atoms with Crippen LogP contribution in [0.4, 0.5) is 0 Å². The van der Waals surface area contributed by atoms with Gasteiger partial charge < -0.3 is 14.9 Å². The first-order valence-electron chi connectivity index (χ1n) is 11.4. The zero-order valence-corrected chi connectivity index (χ0v) is 21.4. The van der Waals surface area contributed by atoms with E-state index in [0.717, 1.165) is 23.0 Å². The number of sulfonamides is 1. The summed E-state index contributed by atoms with van der Waals surface area (Å²) in [6.07, 6.45) is 1.62. The number of halogens is 1. The summed E-state index contributed by atoms with van der Waals surface area (Å²) in [5.41, 5.74) is 1.77. The van der Waals surface area contributed by atoms with Gasteiger partial charge in [-0.3, -0.25) is 9.69 Å². The summed E-state index contributed by atoms with van der Waals surface area (Å²) >= 11 is 6.03. The highest BCUT2D eigenvalue weighted by Crippen LogP contribution is 2.35. The molecule has 1 saturated heterocycles. The van der Waals surface area contributed by atoms with Gasteiger partial charge in [-0.25, -0.2) is 22.3 Å². The highest BCUT2D eigenvalue weighted by molar-refractivity contribution is 7.89. The summed E-state index contributed by atoms with van der Waals surface area (Å²) in [5.74, 6) is -3.15. The molecular weight excluding hydrogens is 524 g/mol. The molecule has 1 amide bonds. The lowest BCUT2D eigenvalue weighted by molar-refractivity contribution is -0.134. The minimum atomic E-state index is -3.79. The Hall–Kier alpha value is -3.25. The van der Waals surface area contributed by atoms with E-state index >= 15 is 0 Å². The van der Waals surface area contributed by atoms with Crippen molar-refractivity contribution < 1.29 is 37.8 Å². The summed E-state index contributed by atoms with van der Waals surface area (Å²) in [6, 6.07) is 13.4. The van der Waals surface area contributed by atoms with Crippen LogP contribution in [0.2, 0.25) is 5.02 Å². The topological polar surface area (TPSA) is 142 Å².